The average Bonchev–Trinajstić information content (AvgIpc) is 0.687. The highest BCUT2D eigenvalue weighted by Crippen LogP contribution is 2.56. The Morgan fingerprint density at radius 2 is 0.653 bits per heavy atom. The smallest absolute Gasteiger partial charge is 0.256 e. The van der Waals surface area contributed by atoms with Gasteiger partial charge < -0.3 is 24.3 Å². The predicted molar refractivity (Wildman–Crippen MR) is 413 cm³/mol. The first-order valence-corrected chi connectivity index (χ1v) is 34.4. The third-order valence-electron chi connectivity index (χ3n) is 19.8. The molecule has 4 aliphatic heterocycles. The van der Waals surface area contributed by atoms with E-state index in [1.807, 2.05) is 11.8 Å². The number of benzene rings is 15. The lowest BCUT2D eigenvalue weighted by Gasteiger charge is -2.44. The van der Waals surface area contributed by atoms with Gasteiger partial charge in [-0.15, -0.1) is 0 Å². The van der Waals surface area contributed by atoms with Crippen molar-refractivity contribution in [3.8, 4) is 56.0 Å². The Kier molecular flexibility index (Phi) is 14.0. The molecule has 4 aliphatic rings. The first-order valence-electron chi connectivity index (χ1n) is 33.6. The highest BCUT2D eigenvalue weighted by molar-refractivity contribution is 8.00. The summed E-state index contributed by atoms with van der Waals surface area (Å²) in [7, 11) is 0. The molecule has 5 nitrogen and oxygen atoms in total. The number of hydrogen-bond acceptors (Lipinski definition) is 6. The van der Waals surface area contributed by atoms with Gasteiger partial charge in [0.05, 0.1) is 5.69 Å². The van der Waals surface area contributed by atoms with Gasteiger partial charge >= 0.3 is 0 Å². The van der Waals surface area contributed by atoms with Crippen LogP contribution in [0.4, 0.5) is 68.2 Å². The number of fused-ring (bicyclic) bond motifs is 8. The largest absolute Gasteiger partial charge is 0.458 e. The van der Waals surface area contributed by atoms with Gasteiger partial charge in [0, 0.05) is 89.5 Å². The van der Waals surface area contributed by atoms with Crippen molar-refractivity contribution in [2.45, 2.75) is 9.79 Å². The maximum atomic E-state index is 8.37. The molecule has 4 heterocycles. The molecular weight excluding hydrogens is 1210 g/mol. The van der Waals surface area contributed by atoms with Crippen LogP contribution in [0.15, 0.2) is 374 Å². The van der Waals surface area contributed by atoms with Gasteiger partial charge in [0.1, 0.15) is 11.5 Å². The lowest BCUT2D eigenvalue weighted by molar-refractivity contribution is 0.488. The van der Waals surface area contributed by atoms with Crippen LogP contribution in [0.3, 0.4) is 0 Å². The standard InChI is InChI=1S/C90H60B2N4OS/c1-10-32-61(33-11-1)64-54-73(62-34-12-2-13-35-62)85(74(55-64)63-36-14-3-15-37-63)86-89-77(91-75-50-28-30-52-79(75)95(69-46-24-8-25-47-69)81-56-71(58-83(97-89)87(81)91)93(65-38-16-4-17-39-65)66-40-18-5-19-41-66)60-78-90(86)98-84-59-72(94(67-42-20-6-21-43-67)68-44-22-7-23-45-68)57-82-88(84)92(78)76-51-29-31-53-80(76)96(82)70-48-26-9-27-49-70/h1-60H. The number of nitrogens with zero attached hydrogens (tertiary/aromatic N) is 4. The minimum Gasteiger partial charge on any atom is -0.458 e. The molecule has 0 bridgehead atoms. The maximum absolute atomic E-state index is 8.37. The van der Waals surface area contributed by atoms with Gasteiger partial charge in [-0.3, -0.25) is 0 Å². The zero-order valence-electron chi connectivity index (χ0n) is 53.4. The second-order valence-corrected chi connectivity index (χ2v) is 26.5. The van der Waals surface area contributed by atoms with Crippen LogP contribution in [0.5, 0.6) is 11.5 Å². The van der Waals surface area contributed by atoms with Crippen molar-refractivity contribution in [3.63, 3.8) is 0 Å². The topological polar surface area (TPSA) is 22.2 Å². The molecule has 8 heteroatoms. The minimum absolute atomic E-state index is 0.218. The number of para-hydroxylation sites is 8. The zero-order valence-corrected chi connectivity index (χ0v) is 54.2. The van der Waals surface area contributed by atoms with Crippen LogP contribution >= 0.6 is 11.8 Å². The van der Waals surface area contributed by atoms with E-state index in [-0.39, 0.29) is 13.4 Å². The lowest BCUT2D eigenvalue weighted by atomic mass is 9.31. The van der Waals surface area contributed by atoms with Gasteiger partial charge in [0.2, 0.25) is 6.71 Å². The van der Waals surface area contributed by atoms with E-state index in [1.165, 1.54) is 26.7 Å². The van der Waals surface area contributed by atoms with Crippen molar-refractivity contribution in [2.75, 3.05) is 19.6 Å². The first kappa shape index (κ1) is 57.2. The molecule has 0 radical (unpaired) electrons. The number of rotatable bonds is 12. The summed E-state index contributed by atoms with van der Waals surface area (Å²) in [6, 6.07) is 133. The summed E-state index contributed by atoms with van der Waals surface area (Å²) in [5.41, 5.74) is 29.0. The van der Waals surface area contributed by atoms with Crippen LogP contribution < -0.4 is 57.1 Å². The molecule has 0 N–H and O–H groups in total. The van der Waals surface area contributed by atoms with Gasteiger partial charge in [-0.1, -0.05) is 260 Å². The fourth-order valence-corrected chi connectivity index (χ4v) is 17.1. The monoisotopic (exact) mass is 1270 g/mol. The molecule has 0 aliphatic carbocycles. The second kappa shape index (κ2) is 23.9. The Morgan fingerprint density at radius 3 is 1.11 bits per heavy atom. The third kappa shape index (κ3) is 9.50. The molecule has 0 atom stereocenters. The first-order chi connectivity index (χ1) is 48.7. The normalized spacial score (nSPS) is 12.7. The summed E-state index contributed by atoms with van der Waals surface area (Å²) in [6.07, 6.45) is 0. The molecule has 15 aromatic carbocycles. The van der Waals surface area contributed by atoms with E-state index in [4.69, 9.17) is 4.74 Å². The molecule has 458 valence electrons. The van der Waals surface area contributed by atoms with E-state index in [9.17, 15) is 0 Å². The highest BCUT2D eigenvalue weighted by atomic mass is 32.2. The molecule has 0 amide bonds. The van der Waals surface area contributed by atoms with Gasteiger partial charge in [-0.25, -0.2) is 0 Å². The Labute approximate surface area is 576 Å². The molecular formula is C90H60B2N4OS. The molecule has 15 aromatic rings. The van der Waals surface area contributed by atoms with Gasteiger partial charge in [0.25, 0.3) is 6.71 Å². The van der Waals surface area contributed by atoms with Crippen LogP contribution in [0.25, 0.3) is 44.5 Å². The molecule has 0 unspecified atom stereocenters. The second-order valence-electron chi connectivity index (χ2n) is 25.4. The predicted octanol–water partition coefficient (Wildman–Crippen LogP) is 20.5. The van der Waals surface area contributed by atoms with E-state index in [1.54, 1.807) is 0 Å². The average molecular weight is 1270 g/mol. The van der Waals surface area contributed by atoms with E-state index in [2.05, 4.69) is 384 Å². The SMILES string of the molecule is c1ccc(-c2cc(-c3ccccc3)c(-c3c4c(cc5c3Sc3cc(N(c6ccccc6)c6ccccc6)cc6c3B5c3ccccc3N6c3ccccc3)B3c5ccccc5N(c5ccccc5)c5cc(N(c6ccccc6)c6ccccc6)cc(c53)O4)c(-c3ccccc3)c2)cc1. The third-order valence-corrected chi connectivity index (χ3v) is 21.1. The number of anilines is 12. The van der Waals surface area contributed by atoms with E-state index >= 15 is 0 Å². The van der Waals surface area contributed by atoms with Gasteiger partial charge in [0.15, 0.2) is 0 Å². The molecule has 0 fully saturated rings. The molecule has 98 heavy (non-hydrogen) atoms. The fraction of sp³-hybridized carbons (Fsp3) is 0. The summed E-state index contributed by atoms with van der Waals surface area (Å²) in [4.78, 5) is 12.1. The summed E-state index contributed by atoms with van der Waals surface area (Å²) in [5, 5.41) is 0. The summed E-state index contributed by atoms with van der Waals surface area (Å²) in [5.74, 6) is 1.65. The van der Waals surface area contributed by atoms with Crippen LogP contribution in [0, 0.1) is 0 Å². The molecule has 0 saturated carbocycles. The lowest BCUT2D eigenvalue weighted by Crippen LogP contribution is -2.63. The molecule has 19 rings (SSSR count). The van der Waals surface area contributed by atoms with Crippen LogP contribution in [0.2, 0.25) is 0 Å². The van der Waals surface area contributed by atoms with Crippen molar-refractivity contribution in [1.29, 1.82) is 0 Å². The molecule has 0 spiro atoms. The fourth-order valence-electron chi connectivity index (χ4n) is 15.8. The van der Waals surface area contributed by atoms with Gasteiger partial charge in [-0.2, -0.15) is 0 Å². The minimum atomic E-state index is -0.276. The van der Waals surface area contributed by atoms with Crippen molar-refractivity contribution >= 4 is 126 Å². The summed E-state index contributed by atoms with van der Waals surface area (Å²) in [6.45, 7) is -0.494. The Balaban J connectivity index is 0.971. The number of hydrogen-bond donors (Lipinski definition) is 0. The van der Waals surface area contributed by atoms with Crippen molar-refractivity contribution in [2.24, 2.45) is 0 Å². The Hall–Kier alpha value is -12.2. The summed E-state index contributed by atoms with van der Waals surface area (Å²) >= 11 is 1.89. The van der Waals surface area contributed by atoms with Crippen LogP contribution in [-0.4, -0.2) is 13.4 Å². The van der Waals surface area contributed by atoms with Crippen molar-refractivity contribution < 1.29 is 4.74 Å². The Bertz CT molecular complexity index is 5130. The number of ether oxygens (including phenoxy) is 1. The molecule has 0 aromatic heterocycles. The van der Waals surface area contributed by atoms with E-state index in [0.717, 1.165) is 140 Å². The van der Waals surface area contributed by atoms with E-state index < -0.39 is 0 Å². The van der Waals surface area contributed by atoms with Crippen LogP contribution in [0.1, 0.15) is 0 Å². The van der Waals surface area contributed by atoms with Crippen LogP contribution in [-0.2, 0) is 0 Å². The van der Waals surface area contributed by atoms with Crippen molar-refractivity contribution in [1.82, 2.24) is 0 Å². The zero-order chi connectivity index (χ0) is 64.6. The quantitative estimate of drug-likeness (QED) is 0.113. The molecule has 0 saturated heterocycles. The summed E-state index contributed by atoms with van der Waals surface area (Å²) < 4.78 is 8.37. The van der Waals surface area contributed by atoms with Crippen molar-refractivity contribution in [3.05, 3.63) is 364 Å². The van der Waals surface area contributed by atoms with E-state index in [0.29, 0.717) is 0 Å². The maximum Gasteiger partial charge on any atom is 0.256 e. The highest BCUT2D eigenvalue weighted by Gasteiger charge is 2.49. The van der Waals surface area contributed by atoms with Gasteiger partial charge in [-0.05, 0) is 176 Å². The Morgan fingerprint density at radius 1 is 0.276 bits per heavy atom.